The highest BCUT2D eigenvalue weighted by Crippen LogP contribution is 2.26. The molecule has 0 radical (unpaired) electrons. The molecule has 0 aliphatic heterocycles. The van der Waals surface area contributed by atoms with E-state index in [0.29, 0.717) is 11.7 Å². The van der Waals surface area contributed by atoms with Crippen LogP contribution in [0.25, 0.3) is 11.1 Å². The van der Waals surface area contributed by atoms with Gasteiger partial charge >= 0.3 is 0 Å². The second-order valence-electron chi connectivity index (χ2n) is 6.45. The lowest BCUT2D eigenvalue weighted by atomic mass is 9.93. The number of nitrogens with zero attached hydrogens (tertiary/aromatic N) is 2. The van der Waals surface area contributed by atoms with Gasteiger partial charge in [-0.25, -0.2) is 9.97 Å². The summed E-state index contributed by atoms with van der Waals surface area (Å²) in [6.07, 6.45) is 2.00. The third-order valence-electron chi connectivity index (χ3n) is 4.39. The number of pyridine rings is 1. The molecule has 2 heterocycles. The van der Waals surface area contributed by atoms with Gasteiger partial charge < -0.3 is 9.72 Å². The van der Waals surface area contributed by atoms with E-state index in [1.807, 2.05) is 43.3 Å². The fourth-order valence-electron chi connectivity index (χ4n) is 2.93. The Morgan fingerprint density at radius 2 is 1.89 bits per heavy atom. The van der Waals surface area contributed by atoms with E-state index in [4.69, 9.17) is 4.74 Å². The smallest absolute Gasteiger partial charge is 0.251 e. The monoisotopic (exact) mass is 363 g/mol. The molecule has 3 aromatic rings. The SMILES string of the molecule is COc1cc(-c2ccc([C@@H](C)CC(=O)c3cc(=O)[nH]c(C)n3)cc2)ccn1. The van der Waals surface area contributed by atoms with Gasteiger partial charge in [0.2, 0.25) is 5.88 Å². The minimum absolute atomic E-state index is 0.0138. The van der Waals surface area contributed by atoms with Crippen LogP contribution in [-0.4, -0.2) is 27.8 Å². The second-order valence-corrected chi connectivity index (χ2v) is 6.45. The number of benzene rings is 1. The van der Waals surface area contributed by atoms with Crippen molar-refractivity contribution in [2.24, 2.45) is 0 Å². The molecule has 0 bridgehead atoms. The Hall–Kier alpha value is -3.28. The predicted octanol–water partition coefficient (Wildman–Crippen LogP) is 3.53. The number of carbonyl (C=O) groups excluding carboxylic acids is 1. The van der Waals surface area contributed by atoms with Crippen LogP contribution in [0.4, 0.5) is 0 Å². The lowest BCUT2D eigenvalue weighted by molar-refractivity contribution is 0.0970. The number of rotatable bonds is 6. The summed E-state index contributed by atoms with van der Waals surface area (Å²) in [5, 5.41) is 0. The zero-order valence-corrected chi connectivity index (χ0v) is 15.5. The first kappa shape index (κ1) is 18.5. The molecule has 3 rings (SSSR count). The maximum atomic E-state index is 12.5. The number of H-pyrrole nitrogens is 1. The van der Waals surface area contributed by atoms with E-state index in [9.17, 15) is 9.59 Å². The zero-order chi connectivity index (χ0) is 19.4. The molecule has 0 saturated heterocycles. The molecule has 138 valence electrons. The summed E-state index contributed by atoms with van der Waals surface area (Å²) < 4.78 is 5.16. The zero-order valence-electron chi connectivity index (χ0n) is 15.5. The molecule has 6 nitrogen and oxygen atoms in total. The largest absolute Gasteiger partial charge is 0.481 e. The molecule has 0 saturated carbocycles. The van der Waals surface area contributed by atoms with E-state index in [0.717, 1.165) is 16.7 Å². The van der Waals surface area contributed by atoms with E-state index in [-0.39, 0.29) is 29.4 Å². The standard InChI is InChI=1S/C21H21N3O3/c1-13(10-19(25)18-12-20(26)24-14(2)23-18)15-4-6-16(7-5-15)17-8-9-22-21(11-17)27-3/h4-9,11-13H,10H2,1-3H3,(H,23,24,26)/t13-/m0/s1. The maximum absolute atomic E-state index is 12.5. The quantitative estimate of drug-likeness (QED) is 0.677. The number of ketones is 1. The molecule has 0 fully saturated rings. The number of hydrogen-bond acceptors (Lipinski definition) is 5. The van der Waals surface area contributed by atoms with Crippen molar-refractivity contribution in [1.29, 1.82) is 0 Å². The van der Waals surface area contributed by atoms with Gasteiger partial charge in [0, 0.05) is 24.8 Å². The van der Waals surface area contributed by atoms with Crippen molar-refractivity contribution >= 4 is 5.78 Å². The van der Waals surface area contributed by atoms with E-state index < -0.39 is 0 Å². The first-order valence-electron chi connectivity index (χ1n) is 8.68. The topological polar surface area (TPSA) is 84.9 Å². The van der Waals surface area contributed by atoms with Gasteiger partial charge in [-0.15, -0.1) is 0 Å². The Bertz CT molecular complexity index is 1010. The Morgan fingerprint density at radius 3 is 2.56 bits per heavy atom. The number of methoxy groups -OCH3 is 1. The maximum Gasteiger partial charge on any atom is 0.251 e. The Balaban J connectivity index is 1.74. The van der Waals surface area contributed by atoms with Gasteiger partial charge in [0.05, 0.1) is 7.11 Å². The molecule has 0 amide bonds. The number of aromatic nitrogens is 3. The minimum atomic E-state index is -0.310. The molecule has 1 N–H and O–H groups in total. The van der Waals surface area contributed by atoms with Crippen molar-refractivity contribution in [3.63, 3.8) is 0 Å². The normalized spacial score (nSPS) is 11.8. The molecule has 27 heavy (non-hydrogen) atoms. The molecule has 1 atom stereocenters. The highest BCUT2D eigenvalue weighted by molar-refractivity contribution is 5.94. The van der Waals surface area contributed by atoms with Crippen LogP contribution in [0.2, 0.25) is 0 Å². The van der Waals surface area contributed by atoms with E-state index in [1.165, 1.54) is 6.07 Å². The molecule has 0 spiro atoms. The van der Waals surface area contributed by atoms with Crippen LogP contribution in [0.5, 0.6) is 5.88 Å². The third-order valence-corrected chi connectivity index (χ3v) is 4.39. The van der Waals surface area contributed by atoms with E-state index in [2.05, 4.69) is 15.0 Å². The third kappa shape index (κ3) is 4.47. The van der Waals surface area contributed by atoms with Crippen LogP contribution < -0.4 is 10.3 Å². The summed E-state index contributed by atoms with van der Waals surface area (Å²) in [4.78, 5) is 34.8. The van der Waals surface area contributed by atoms with Crippen molar-refractivity contribution in [1.82, 2.24) is 15.0 Å². The fourth-order valence-corrected chi connectivity index (χ4v) is 2.93. The summed E-state index contributed by atoms with van der Waals surface area (Å²) in [6, 6.07) is 13.1. The van der Waals surface area contributed by atoms with E-state index >= 15 is 0 Å². The number of carbonyl (C=O) groups is 1. The van der Waals surface area contributed by atoms with Crippen LogP contribution in [0.1, 0.15) is 41.1 Å². The second kappa shape index (κ2) is 7.95. The Kier molecular flexibility index (Phi) is 5.45. The number of nitrogens with one attached hydrogen (secondary N) is 1. The van der Waals surface area contributed by atoms with Crippen molar-refractivity contribution in [2.75, 3.05) is 7.11 Å². The molecule has 0 unspecified atom stereocenters. The van der Waals surface area contributed by atoms with Gasteiger partial charge in [-0.3, -0.25) is 9.59 Å². The lowest BCUT2D eigenvalue weighted by Crippen LogP contribution is -2.15. The average molecular weight is 363 g/mol. The van der Waals surface area contributed by atoms with E-state index in [1.54, 1.807) is 20.2 Å². The molecule has 0 aliphatic carbocycles. The molecule has 2 aromatic heterocycles. The molecular formula is C21H21N3O3. The van der Waals surface area contributed by atoms with Crippen LogP contribution >= 0.6 is 0 Å². The van der Waals surface area contributed by atoms with Crippen LogP contribution in [-0.2, 0) is 0 Å². The molecular weight excluding hydrogens is 342 g/mol. The summed E-state index contributed by atoms with van der Waals surface area (Å²) >= 11 is 0. The van der Waals surface area contributed by atoms with Crippen LogP contribution in [0.15, 0.2) is 53.5 Å². The highest BCUT2D eigenvalue weighted by Gasteiger charge is 2.15. The Labute approximate surface area is 157 Å². The highest BCUT2D eigenvalue weighted by atomic mass is 16.5. The van der Waals surface area contributed by atoms with Crippen molar-refractivity contribution in [2.45, 2.75) is 26.2 Å². The summed E-state index contributed by atoms with van der Waals surface area (Å²) in [7, 11) is 1.59. The number of Topliss-reactive ketones (excluding diaryl/α,β-unsaturated/α-hetero) is 1. The predicted molar refractivity (Wildman–Crippen MR) is 103 cm³/mol. The molecule has 1 aromatic carbocycles. The first-order valence-corrected chi connectivity index (χ1v) is 8.68. The van der Waals surface area contributed by atoms with Crippen molar-refractivity contribution in [3.05, 3.63) is 76.1 Å². The van der Waals surface area contributed by atoms with Crippen LogP contribution in [0.3, 0.4) is 0 Å². The first-order chi connectivity index (χ1) is 13.0. The number of aromatic amines is 1. The summed E-state index contributed by atoms with van der Waals surface area (Å²) in [6.45, 7) is 3.65. The van der Waals surface area contributed by atoms with Gasteiger partial charge in [-0.05, 0) is 35.6 Å². The Morgan fingerprint density at radius 1 is 1.15 bits per heavy atom. The van der Waals surface area contributed by atoms with Crippen molar-refractivity contribution in [3.8, 4) is 17.0 Å². The average Bonchev–Trinajstić information content (AvgIpc) is 2.67. The van der Waals surface area contributed by atoms with Gasteiger partial charge in [0.25, 0.3) is 5.56 Å². The number of aryl methyl sites for hydroxylation is 1. The number of ether oxygens (including phenoxy) is 1. The number of hydrogen-bond donors (Lipinski definition) is 1. The summed E-state index contributed by atoms with van der Waals surface area (Å²) in [5.41, 5.74) is 3.01. The van der Waals surface area contributed by atoms with Gasteiger partial charge in [0.1, 0.15) is 11.5 Å². The molecule has 0 aliphatic rings. The van der Waals surface area contributed by atoms with Gasteiger partial charge in [-0.2, -0.15) is 0 Å². The fraction of sp³-hybridized carbons (Fsp3) is 0.238. The molecule has 6 heteroatoms. The minimum Gasteiger partial charge on any atom is -0.481 e. The summed E-state index contributed by atoms with van der Waals surface area (Å²) in [5.74, 6) is 0.881. The van der Waals surface area contributed by atoms with Crippen LogP contribution in [0, 0.1) is 6.92 Å². The van der Waals surface area contributed by atoms with Gasteiger partial charge in [0.15, 0.2) is 5.78 Å². The lowest BCUT2D eigenvalue weighted by Gasteiger charge is -2.12. The van der Waals surface area contributed by atoms with Crippen molar-refractivity contribution < 1.29 is 9.53 Å². The van der Waals surface area contributed by atoms with Gasteiger partial charge in [-0.1, -0.05) is 31.2 Å².